The summed E-state index contributed by atoms with van der Waals surface area (Å²) < 4.78 is 0. The lowest BCUT2D eigenvalue weighted by Crippen LogP contribution is -2.20. The summed E-state index contributed by atoms with van der Waals surface area (Å²) in [7, 11) is 1.60. The number of hydrogen-bond donors (Lipinski definition) is 2. The minimum absolute atomic E-state index is 0.0883. The van der Waals surface area contributed by atoms with Crippen LogP contribution < -0.4 is 5.32 Å². The van der Waals surface area contributed by atoms with E-state index in [1.807, 2.05) is 38.1 Å². The smallest absolute Gasteiger partial charge is 0.224 e. The highest BCUT2D eigenvalue weighted by molar-refractivity contribution is 5.79. The highest BCUT2D eigenvalue weighted by Gasteiger charge is 2.13. The molecule has 1 aromatic heterocycles. The standard InChI is InChI=1S/C16H16N4O2.C2H6/c1-10-7-11(9-15(21)17-2)8-14(16(10)22)20-18-12-5-3-4-6-13(12)19-20;1-2/h3-8,22H,9H2,1-2H3,(H,17,21);1-2H3. The molecule has 0 aliphatic rings. The molecule has 1 heterocycles. The van der Waals surface area contributed by atoms with Gasteiger partial charge in [-0.05, 0) is 36.2 Å². The van der Waals surface area contributed by atoms with E-state index in [9.17, 15) is 9.90 Å². The monoisotopic (exact) mass is 326 g/mol. The van der Waals surface area contributed by atoms with Gasteiger partial charge in [0.05, 0.1) is 6.42 Å². The molecule has 0 fully saturated rings. The molecule has 6 heteroatoms. The number of benzene rings is 2. The molecule has 126 valence electrons. The first-order valence-corrected chi connectivity index (χ1v) is 7.94. The van der Waals surface area contributed by atoms with Crippen LogP contribution in [0.2, 0.25) is 0 Å². The summed E-state index contributed by atoms with van der Waals surface area (Å²) in [5.74, 6) is 0.0237. The minimum atomic E-state index is -0.0883. The van der Waals surface area contributed by atoms with Crippen LogP contribution in [0, 0.1) is 6.92 Å². The van der Waals surface area contributed by atoms with Crippen LogP contribution >= 0.6 is 0 Å². The lowest BCUT2D eigenvalue weighted by atomic mass is 10.1. The number of nitrogens with one attached hydrogen (secondary N) is 1. The number of likely N-dealkylation sites (N-methyl/N-ethyl adjacent to an activating group) is 1. The van der Waals surface area contributed by atoms with E-state index in [-0.39, 0.29) is 18.1 Å². The van der Waals surface area contributed by atoms with Crippen molar-refractivity contribution in [3.05, 3.63) is 47.5 Å². The van der Waals surface area contributed by atoms with Gasteiger partial charge in [0.15, 0.2) is 0 Å². The van der Waals surface area contributed by atoms with E-state index < -0.39 is 0 Å². The fourth-order valence-corrected chi connectivity index (χ4v) is 2.33. The number of fused-ring (bicyclic) bond motifs is 1. The van der Waals surface area contributed by atoms with Crippen molar-refractivity contribution in [2.24, 2.45) is 0 Å². The number of aromatic nitrogens is 3. The summed E-state index contributed by atoms with van der Waals surface area (Å²) >= 11 is 0. The first kappa shape index (κ1) is 17.5. The number of phenolic OH excluding ortho intramolecular Hbond substituents is 1. The number of nitrogens with zero attached hydrogens (tertiary/aromatic N) is 3. The molecule has 0 radical (unpaired) electrons. The van der Waals surface area contributed by atoms with Crippen LogP contribution in [-0.4, -0.2) is 33.1 Å². The molecule has 6 nitrogen and oxygen atoms in total. The van der Waals surface area contributed by atoms with Gasteiger partial charge in [0.2, 0.25) is 5.91 Å². The molecule has 0 aliphatic heterocycles. The Hall–Kier alpha value is -2.89. The van der Waals surface area contributed by atoms with Gasteiger partial charge in [0.25, 0.3) is 0 Å². The molecule has 24 heavy (non-hydrogen) atoms. The third kappa shape index (κ3) is 3.53. The van der Waals surface area contributed by atoms with Crippen LogP contribution in [0.1, 0.15) is 25.0 Å². The van der Waals surface area contributed by atoms with E-state index in [1.54, 1.807) is 26.1 Å². The van der Waals surface area contributed by atoms with Crippen molar-refractivity contribution in [2.75, 3.05) is 7.05 Å². The summed E-state index contributed by atoms with van der Waals surface area (Å²) in [6.45, 7) is 5.79. The van der Waals surface area contributed by atoms with Crippen molar-refractivity contribution >= 4 is 16.9 Å². The minimum Gasteiger partial charge on any atom is -0.505 e. The largest absolute Gasteiger partial charge is 0.505 e. The van der Waals surface area contributed by atoms with Crippen molar-refractivity contribution in [1.82, 2.24) is 20.3 Å². The van der Waals surface area contributed by atoms with Gasteiger partial charge in [0.1, 0.15) is 22.5 Å². The zero-order chi connectivity index (χ0) is 17.7. The molecular formula is C18H22N4O2. The van der Waals surface area contributed by atoms with Crippen molar-refractivity contribution in [1.29, 1.82) is 0 Å². The van der Waals surface area contributed by atoms with Crippen molar-refractivity contribution < 1.29 is 9.90 Å². The van der Waals surface area contributed by atoms with Gasteiger partial charge in [-0.2, -0.15) is 0 Å². The molecule has 1 amide bonds. The number of rotatable bonds is 3. The van der Waals surface area contributed by atoms with Gasteiger partial charge in [-0.25, -0.2) is 0 Å². The maximum Gasteiger partial charge on any atom is 0.224 e. The van der Waals surface area contributed by atoms with Crippen molar-refractivity contribution in [2.45, 2.75) is 27.2 Å². The average molecular weight is 326 g/mol. The number of aromatic hydroxyl groups is 1. The fourth-order valence-electron chi connectivity index (χ4n) is 2.33. The Kier molecular flexibility index (Phi) is 5.52. The quantitative estimate of drug-likeness (QED) is 0.775. The molecule has 0 saturated heterocycles. The van der Waals surface area contributed by atoms with Gasteiger partial charge in [-0.15, -0.1) is 15.0 Å². The first-order valence-electron chi connectivity index (χ1n) is 7.94. The molecule has 3 aromatic rings. The van der Waals surface area contributed by atoms with E-state index in [2.05, 4.69) is 15.5 Å². The summed E-state index contributed by atoms with van der Waals surface area (Å²) in [5, 5.41) is 21.6. The van der Waals surface area contributed by atoms with E-state index in [1.165, 1.54) is 4.80 Å². The Morgan fingerprint density at radius 3 is 2.29 bits per heavy atom. The van der Waals surface area contributed by atoms with Gasteiger partial charge >= 0.3 is 0 Å². The molecular weight excluding hydrogens is 304 g/mol. The zero-order valence-corrected chi connectivity index (χ0v) is 14.4. The van der Waals surface area contributed by atoms with Crippen LogP contribution in [0.15, 0.2) is 36.4 Å². The molecule has 0 saturated carbocycles. The van der Waals surface area contributed by atoms with Crippen LogP contribution in [0.4, 0.5) is 0 Å². The van der Waals surface area contributed by atoms with E-state index >= 15 is 0 Å². The number of carbonyl (C=O) groups excluding carboxylic acids is 1. The predicted molar refractivity (Wildman–Crippen MR) is 94.4 cm³/mol. The summed E-state index contributed by atoms with van der Waals surface area (Å²) in [4.78, 5) is 13.0. The molecule has 3 rings (SSSR count). The number of carbonyl (C=O) groups is 1. The Balaban J connectivity index is 0.00000100. The van der Waals surface area contributed by atoms with Crippen LogP contribution in [0.25, 0.3) is 16.7 Å². The van der Waals surface area contributed by atoms with Crippen molar-refractivity contribution in [3.8, 4) is 11.4 Å². The topological polar surface area (TPSA) is 80.0 Å². The van der Waals surface area contributed by atoms with E-state index in [4.69, 9.17) is 0 Å². The van der Waals surface area contributed by atoms with Crippen LogP contribution in [0.5, 0.6) is 5.75 Å². The SMILES string of the molecule is CC.CNC(=O)Cc1cc(C)c(O)c(-n2nc3ccccc3n2)c1. The Morgan fingerprint density at radius 1 is 1.17 bits per heavy atom. The van der Waals surface area contributed by atoms with E-state index in [0.29, 0.717) is 11.3 Å². The molecule has 0 bridgehead atoms. The van der Waals surface area contributed by atoms with Gasteiger partial charge in [-0.3, -0.25) is 4.79 Å². The third-order valence-electron chi connectivity index (χ3n) is 3.49. The summed E-state index contributed by atoms with van der Waals surface area (Å²) in [6.07, 6.45) is 0.241. The average Bonchev–Trinajstić information content (AvgIpc) is 3.03. The lowest BCUT2D eigenvalue weighted by molar-refractivity contribution is -0.119. The molecule has 2 aromatic carbocycles. The molecule has 0 spiro atoms. The second kappa shape index (κ2) is 7.59. The maximum absolute atomic E-state index is 11.6. The summed E-state index contributed by atoms with van der Waals surface area (Å²) in [5.41, 5.74) is 3.44. The van der Waals surface area contributed by atoms with Crippen molar-refractivity contribution in [3.63, 3.8) is 0 Å². The van der Waals surface area contributed by atoms with Crippen LogP contribution in [-0.2, 0) is 11.2 Å². The Bertz CT molecular complexity index is 822. The Morgan fingerprint density at radius 2 is 1.75 bits per heavy atom. The maximum atomic E-state index is 11.6. The molecule has 0 atom stereocenters. The second-order valence-electron chi connectivity index (χ2n) is 5.11. The third-order valence-corrected chi connectivity index (χ3v) is 3.49. The lowest BCUT2D eigenvalue weighted by Gasteiger charge is -2.09. The summed E-state index contributed by atoms with van der Waals surface area (Å²) in [6, 6.07) is 11.0. The van der Waals surface area contributed by atoms with Crippen LogP contribution in [0.3, 0.4) is 0 Å². The first-order chi connectivity index (χ1) is 11.6. The van der Waals surface area contributed by atoms with E-state index in [0.717, 1.165) is 16.6 Å². The van der Waals surface area contributed by atoms with Gasteiger partial charge in [-0.1, -0.05) is 32.0 Å². The van der Waals surface area contributed by atoms with Gasteiger partial charge in [0, 0.05) is 7.05 Å². The number of phenols is 1. The Labute approximate surface area is 141 Å². The highest BCUT2D eigenvalue weighted by Crippen LogP contribution is 2.27. The fraction of sp³-hybridized carbons (Fsp3) is 0.278. The molecule has 0 unspecified atom stereocenters. The highest BCUT2D eigenvalue weighted by atomic mass is 16.3. The number of amides is 1. The number of hydrogen-bond acceptors (Lipinski definition) is 4. The predicted octanol–water partition coefficient (Wildman–Crippen LogP) is 2.75. The zero-order valence-electron chi connectivity index (χ0n) is 14.4. The number of aryl methyl sites for hydroxylation is 1. The van der Waals surface area contributed by atoms with Gasteiger partial charge < -0.3 is 10.4 Å². The normalized spacial score (nSPS) is 10.2. The molecule has 0 aliphatic carbocycles. The second-order valence-corrected chi connectivity index (χ2v) is 5.11. The molecule has 2 N–H and O–H groups in total.